The van der Waals surface area contributed by atoms with Crippen LogP contribution in [0.15, 0.2) is 47.3 Å². The third-order valence-electron chi connectivity index (χ3n) is 4.29. The minimum atomic E-state index is -0.308. The molecule has 0 radical (unpaired) electrons. The van der Waals surface area contributed by atoms with Gasteiger partial charge in [-0.2, -0.15) is 0 Å². The van der Waals surface area contributed by atoms with Crippen LogP contribution < -0.4 is 16.3 Å². The van der Waals surface area contributed by atoms with Gasteiger partial charge in [0.2, 0.25) is 11.8 Å². The highest BCUT2D eigenvalue weighted by Crippen LogP contribution is 2.13. The molecule has 0 aliphatic rings. The van der Waals surface area contributed by atoms with Crippen molar-refractivity contribution < 1.29 is 9.59 Å². The van der Waals surface area contributed by atoms with E-state index in [9.17, 15) is 14.4 Å². The number of nitrogens with one attached hydrogen (secondary N) is 2. The van der Waals surface area contributed by atoms with Gasteiger partial charge in [-0.05, 0) is 17.7 Å². The van der Waals surface area contributed by atoms with Gasteiger partial charge < -0.3 is 10.6 Å². The lowest BCUT2D eigenvalue weighted by Crippen LogP contribution is -2.24. The standard InChI is InChI=1S/C19H21N5O3/c1-23-14-8-9-15(22-18(14)24(2)19(23)27)21-17(26)11-10-16(25)20-12-13-6-4-3-5-7-13/h3-9H,10-12H2,1-2H3,(H,20,25)(H,21,22,26). The van der Waals surface area contributed by atoms with Gasteiger partial charge in [0.1, 0.15) is 5.82 Å². The molecule has 0 unspecified atom stereocenters. The van der Waals surface area contributed by atoms with Crippen LogP contribution in [-0.4, -0.2) is 25.9 Å². The Labute approximate surface area is 155 Å². The van der Waals surface area contributed by atoms with E-state index in [1.54, 1.807) is 26.2 Å². The number of hydrogen-bond acceptors (Lipinski definition) is 4. The van der Waals surface area contributed by atoms with E-state index in [2.05, 4.69) is 15.6 Å². The molecule has 2 aromatic heterocycles. The Morgan fingerprint density at radius 2 is 1.67 bits per heavy atom. The van der Waals surface area contributed by atoms with Gasteiger partial charge in [0.05, 0.1) is 5.52 Å². The van der Waals surface area contributed by atoms with Crippen molar-refractivity contribution >= 4 is 28.8 Å². The summed E-state index contributed by atoms with van der Waals surface area (Å²) in [6, 6.07) is 12.9. The summed E-state index contributed by atoms with van der Waals surface area (Å²) in [5.41, 5.74) is 1.99. The van der Waals surface area contributed by atoms with Crippen molar-refractivity contribution in [2.24, 2.45) is 14.1 Å². The van der Waals surface area contributed by atoms with Crippen LogP contribution in [0.1, 0.15) is 18.4 Å². The molecule has 27 heavy (non-hydrogen) atoms. The van der Waals surface area contributed by atoms with Gasteiger partial charge in [-0.1, -0.05) is 30.3 Å². The number of benzene rings is 1. The van der Waals surface area contributed by atoms with E-state index in [0.29, 0.717) is 23.5 Å². The van der Waals surface area contributed by atoms with Gasteiger partial charge in [-0.25, -0.2) is 9.78 Å². The van der Waals surface area contributed by atoms with Gasteiger partial charge in [-0.15, -0.1) is 0 Å². The fraction of sp³-hybridized carbons (Fsp3) is 0.263. The first-order chi connectivity index (χ1) is 13.0. The number of anilines is 1. The van der Waals surface area contributed by atoms with Crippen LogP contribution in [0.2, 0.25) is 0 Å². The van der Waals surface area contributed by atoms with Crippen LogP contribution >= 0.6 is 0 Å². The molecule has 3 rings (SSSR count). The molecule has 0 spiro atoms. The average Bonchev–Trinajstić information content (AvgIpc) is 2.89. The van der Waals surface area contributed by atoms with Crippen LogP contribution in [0.25, 0.3) is 11.2 Å². The van der Waals surface area contributed by atoms with Crippen molar-refractivity contribution in [2.75, 3.05) is 5.32 Å². The van der Waals surface area contributed by atoms with Crippen molar-refractivity contribution in [3.05, 3.63) is 58.5 Å². The molecule has 0 bridgehead atoms. The molecule has 2 heterocycles. The molecule has 8 heteroatoms. The lowest BCUT2D eigenvalue weighted by molar-refractivity contribution is -0.124. The molecule has 2 amide bonds. The van der Waals surface area contributed by atoms with E-state index < -0.39 is 0 Å². The Hall–Kier alpha value is -3.42. The van der Waals surface area contributed by atoms with E-state index in [0.717, 1.165) is 5.56 Å². The van der Waals surface area contributed by atoms with Crippen molar-refractivity contribution in [2.45, 2.75) is 19.4 Å². The molecule has 2 N–H and O–H groups in total. The largest absolute Gasteiger partial charge is 0.352 e. The van der Waals surface area contributed by atoms with E-state index in [1.165, 1.54) is 9.13 Å². The first-order valence-corrected chi connectivity index (χ1v) is 8.58. The molecule has 140 valence electrons. The van der Waals surface area contributed by atoms with Gasteiger partial charge in [0.25, 0.3) is 0 Å². The second-order valence-electron chi connectivity index (χ2n) is 6.25. The zero-order valence-electron chi connectivity index (χ0n) is 15.2. The fourth-order valence-corrected chi connectivity index (χ4v) is 2.76. The van der Waals surface area contributed by atoms with Crippen LogP contribution in [0.4, 0.5) is 5.82 Å². The number of imidazole rings is 1. The highest BCUT2D eigenvalue weighted by molar-refractivity contribution is 5.93. The summed E-state index contributed by atoms with van der Waals surface area (Å²) in [7, 11) is 3.29. The topological polar surface area (TPSA) is 98.0 Å². The predicted molar refractivity (Wildman–Crippen MR) is 102 cm³/mol. The number of hydrogen-bond donors (Lipinski definition) is 2. The summed E-state index contributed by atoms with van der Waals surface area (Å²) in [6.07, 6.45) is 0.138. The van der Waals surface area contributed by atoms with Crippen LogP contribution in [0, 0.1) is 0 Å². The zero-order valence-corrected chi connectivity index (χ0v) is 15.2. The highest BCUT2D eigenvalue weighted by atomic mass is 16.2. The number of rotatable bonds is 6. The van der Waals surface area contributed by atoms with Crippen molar-refractivity contribution in [1.82, 2.24) is 19.4 Å². The molecular formula is C19H21N5O3. The molecule has 0 saturated carbocycles. The molecule has 3 aromatic rings. The Morgan fingerprint density at radius 1 is 0.963 bits per heavy atom. The number of carbonyl (C=O) groups excluding carboxylic acids is 2. The van der Waals surface area contributed by atoms with E-state index in [4.69, 9.17) is 0 Å². The third-order valence-corrected chi connectivity index (χ3v) is 4.29. The average molecular weight is 367 g/mol. The lowest BCUT2D eigenvalue weighted by atomic mass is 10.2. The second kappa shape index (κ2) is 7.86. The summed E-state index contributed by atoms with van der Waals surface area (Å²) in [5, 5.41) is 5.45. The molecule has 1 aromatic carbocycles. The maximum atomic E-state index is 12.1. The SMILES string of the molecule is Cn1c(=O)n(C)c2nc(NC(=O)CCC(=O)NCc3ccccc3)ccc21. The van der Waals surface area contributed by atoms with E-state index in [-0.39, 0.29) is 30.3 Å². The van der Waals surface area contributed by atoms with Crippen molar-refractivity contribution in [3.63, 3.8) is 0 Å². The maximum Gasteiger partial charge on any atom is 0.329 e. The Morgan fingerprint density at radius 3 is 2.41 bits per heavy atom. The fourth-order valence-electron chi connectivity index (χ4n) is 2.76. The highest BCUT2D eigenvalue weighted by Gasteiger charge is 2.12. The predicted octanol–water partition coefficient (Wildman–Crippen LogP) is 1.31. The molecular weight excluding hydrogens is 346 g/mol. The monoisotopic (exact) mass is 367 g/mol. The minimum Gasteiger partial charge on any atom is -0.352 e. The van der Waals surface area contributed by atoms with Gasteiger partial charge in [-0.3, -0.25) is 18.7 Å². The van der Waals surface area contributed by atoms with Crippen LogP contribution in [-0.2, 0) is 30.2 Å². The number of aromatic nitrogens is 3. The van der Waals surface area contributed by atoms with Gasteiger partial charge in [0.15, 0.2) is 5.65 Å². The zero-order chi connectivity index (χ0) is 19.4. The van der Waals surface area contributed by atoms with Crippen LogP contribution in [0.5, 0.6) is 0 Å². The first kappa shape index (κ1) is 18.4. The summed E-state index contributed by atoms with van der Waals surface area (Å²) in [6.45, 7) is 0.432. The normalized spacial score (nSPS) is 10.7. The molecule has 0 aliphatic heterocycles. The van der Waals surface area contributed by atoms with E-state index in [1.807, 2.05) is 30.3 Å². The van der Waals surface area contributed by atoms with Gasteiger partial charge in [0, 0.05) is 33.5 Å². The maximum absolute atomic E-state index is 12.1. The van der Waals surface area contributed by atoms with E-state index >= 15 is 0 Å². The summed E-state index contributed by atoms with van der Waals surface area (Å²) in [5.74, 6) is -0.154. The number of carbonyl (C=O) groups is 2. The second-order valence-corrected chi connectivity index (χ2v) is 6.25. The summed E-state index contributed by atoms with van der Waals surface area (Å²) in [4.78, 5) is 40.2. The summed E-state index contributed by atoms with van der Waals surface area (Å²) < 4.78 is 2.91. The van der Waals surface area contributed by atoms with Gasteiger partial charge >= 0.3 is 5.69 Å². The number of amides is 2. The quantitative estimate of drug-likeness (QED) is 0.686. The molecule has 0 saturated heterocycles. The third kappa shape index (κ3) is 4.22. The minimum absolute atomic E-state index is 0.0497. The van der Waals surface area contributed by atoms with Crippen molar-refractivity contribution in [3.8, 4) is 0 Å². The number of pyridine rings is 1. The smallest absolute Gasteiger partial charge is 0.329 e. The Kier molecular flexibility index (Phi) is 5.35. The summed E-state index contributed by atoms with van der Waals surface area (Å²) >= 11 is 0. The van der Waals surface area contributed by atoms with Crippen molar-refractivity contribution in [1.29, 1.82) is 0 Å². The lowest BCUT2D eigenvalue weighted by Gasteiger charge is -2.06. The molecule has 0 fully saturated rings. The Bertz CT molecular complexity index is 1040. The number of aryl methyl sites for hydroxylation is 2. The molecule has 0 aliphatic carbocycles. The molecule has 8 nitrogen and oxygen atoms in total. The number of fused-ring (bicyclic) bond motifs is 1. The van der Waals surface area contributed by atoms with Crippen LogP contribution in [0.3, 0.4) is 0 Å². The Balaban J connectivity index is 1.53. The molecule has 0 atom stereocenters. The first-order valence-electron chi connectivity index (χ1n) is 8.58. The number of nitrogens with zero attached hydrogens (tertiary/aromatic N) is 3.